The number of rotatable bonds is 5. The molecule has 0 amide bonds. The number of hydrogen-bond acceptors (Lipinski definition) is 2. The summed E-state index contributed by atoms with van der Waals surface area (Å²) in [5.41, 5.74) is 0. The van der Waals surface area contributed by atoms with Gasteiger partial charge in [-0.05, 0) is 6.92 Å². The second-order valence-electron chi connectivity index (χ2n) is 4.41. The van der Waals surface area contributed by atoms with Gasteiger partial charge >= 0.3 is 5.97 Å². The van der Waals surface area contributed by atoms with E-state index in [1.54, 1.807) is 0 Å². The molecule has 0 N–H and O–H groups in total. The highest BCUT2D eigenvalue weighted by Gasteiger charge is 2.26. The monoisotopic (exact) mass is 200 g/mol. The zero-order chi connectivity index (χ0) is 10.4. The first kappa shape index (κ1) is 11.5. The number of quaternary nitrogens is 1. The second-order valence-corrected chi connectivity index (χ2v) is 4.41. The van der Waals surface area contributed by atoms with Gasteiger partial charge in [-0.1, -0.05) is 0 Å². The molecule has 0 aromatic heterocycles. The van der Waals surface area contributed by atoms with Gasteiger partial charge in [0.05, 0.1) is 39.7 Å². The molecule has 1 rings (SSSR count). The number of ether oxygens (including phenoxy) is 1. The maximum atomic E-state index is 11.1. The third kappa shape index (κ3) is 3.66. The molecular formula is C11H22NO2+. The fourth-order valence-electron chi connectivity index (χ4n) is 2.16. The van der Waals surface area contributed by atoms with Crippen LogP contribution in [0.1, 0.15) is 32.6 Å². The van der Waals surface area contributed by atoms with Crippen LogP contribution in [-0.4, -0.2) is 43.7 Å². The van der Waals surface area contributed by atoms with Crippen LogP contribution >= 0.6 is 0 Å². The Morgan fingerprint density at radius 2 is 2.00 bits per heavy atom. The van der Waals surface area contributed by atoms with Gasteiger partial charge in [0.15, 0.2) is 0 Å². The molecule has 0 saturated carbocycles. The summed E-state index contributed by atoms with van der Waals surface area (Å²) < 4.78 is 6.05. The molecule has 1 fully saturated rings. The average molecular weight is 200 g/mol. The van der Waals surface area contributed by atoms with Gasteiger partial charge in [-0.15, -0.1) is 0 Å². The summed E-state index contributed by atoms with van der Waals surface area (Å²) in [6.45, 7) is 6.04. The Labute approximate surface area is 86.6 Å². The first-order chi connectivity index (χ1) is 6.66. The van der Waals surface area contributed by atoms with Crippen molar-refractivity contribution in [2.75, 3.05) is 33.3 Å². The number of carbonyl (C=O) groups excluding carboxylic acids is 1. The fraction of sp³-hybridized carbons (Fsp3) is 0.909. The van der Waals surface area contributed by atoms with E-state index in [4.69, 9.17) is 4.74 Å². The van der Waals surface area contributed by atoms with Crippen molar-refractivity contribution >= 4 is 5.97 Å². The number of nitrogens with zero attached hydrogens (tertiary/aromatic N) is 1. The lowest BCUT2D eigenvalue weighted by atomic mass is 10.3. The van der Waals surface area contributed by atoms with E-state index in [1.165, 1.54) is 25.9 Å². The van der Waals surface area contributed by atoms with E-state index in [2.05, 4.69) is 7.05 Å². The van der Waals surface area contributed by atoms with Gasteiger partial charge in [-0.2, -0.15) is 0 Å². The van der Waals surface area contributed by atoms with Gasteiger partial charge in [0, 0.05) is 19.3 Å². The van der Waals surface area contributed by atoms with Gasteiger partial charge in [0.1, 0.15) is 0 Å². The van der Waals surface area contributed by atoms with Crippen molar-refractivity contribution in [1.29, 1.82) is 0 Å². The van der Waals surface area contributed by atoms with E-state index in [0.29, 0.717) is 13.0 Å². The Balaban J connectivity index is 2.11. The summed E-state index contributed by atoms with van der Waals surface area (Å²) in [7, 11) is 2.29. The molecule has 0 aromatic carbocycles. The largest absolute Gasteiger partial charge is 0.466 e. The van der Waals surface area contributed by atoms with E-state index >= 15 is 0 Å². The van der Waals surface area contributed by atoms with E-state index < -0.39 is 0 Å². The Bertz CT molecular complexity index is 186. The number of likely N-dealkylation sites (tertiary alicyclic amines) is 1. The zero-order valence-corrected chi connectivity index (χ0v) is 9.42. The molecule has 82 valence electrons. The van der Waals surface area contributed by atoms with Crippen molar-refractivity contribution in [1.82, 2.24) is 0 Å². The highest BCUT2D eigenvalue weighted by molar-refractivity contribution is 5.69. The van der Waals surface area contributed by atoms with E-state index in [0.717, 1.165) is 17.4 Å². The van der Waals surface area contributed by atoms with Crippen LogP contribution < -0.4 is 0 Å². The molecule has 1 aliphatic heterocycles. The Morgan fingerprint density at radius 1 is 1.36 bits per heavy atom. The van der Waals surface area contributed by atoms with Crippen LogP contribution in [0.15, 0.2) is 0 Å². The lowest BCUT2D eigenvalue weighted by Crippen LogP contribution is -2.41. The van der Waals surface area contributed by atoms with Crippen LogP contribution in [-0.2, 0) is 9.53 Å². The van der Waals surface area contributed by atoms with E-state index in [9.17, 15) is 4.79 Å². The van der Waals surface area contributed by atoms with Crippen molar-refractivity contribution in [2.45, 2.75) is 32.6 Å². The number of esters is 1. The van der Waals surface area contributed by atoms with Crippen LogP contribution in [0.5, 0.6) is 0 Å². The molecule has 3 nitrogen and oxygen atoms in total. The third-order valence-electron chi connectivity index (χ3n) is 3.03. The zero-order valence-electron chi connectivity index (χ0n) is 9.42. The fourth-order valence-corrected chi connectivity index (χ4v) is 2.16. The molecule has 0 aromatic rings. The van der Waals surface area contributed by atoms with Gasteiger partial charge in [-0.25, -0.2) is 0 Å². The molecule has 0 unspecified atom stereocenters. The third-order valence-corrected chi connectivity index (χ3v) is 3.03. The maximum Gasteiger partial charge on any atom is 0.305 e. The quantitative estimate of drug-likeness (QED) is 0.497. The lowest BCUT2D eigenvalue weighted by molar-refractivity contribution is -0.897. The molecule has 0 aliphatic carbocycles. The summed E-state index contributed by atoms with van der Waals surface area (Å²) in [4.78, 5) is 11.1. The predicted molar refractivity (Wildman–Crippen MR) is 55.9 cm³/mol. The second kappa shape index (κ2) is 5.35. The molecule has 1 heterocycles. The standard InChI is InChI=1S/C11H22NO2/c1-3-14-11(13)7-6-10-12(2)8-4-5-9-12/h3-10H2,1-2H3/q+1. The molecule has 0 bridgehead atoms. The Hall–Kier alpha value is -0.570. The molecule has 14 heavy (non-hydrogen) atoms. The molecule has 1 aliphatic rings. The number of carbonyl (C=O) groups is 1. The highest BCUT2D eigenvalue weighted by Crippen LogP contribution is 2.17. The summed E-state index contributed by atoms with van der Waals surface area (Å²) in [5, 5.41) is 0. The summed E-state index contributed by atoms with van der Waals surface area (Å²) >= 11 is 0. The lowest BCUT2D eigenvalue weighted by Gasteiger charge is -2.28. The number of hydrogen-bond donors (Lipinski definition) is 0. The van der Waals surface area contributed by atoms with Crippen molar-refractivity contribution in [2.24, 2.45) is 0 Å². The van der Waals surface area contributed by atoms with Gasteiger partial charge < -0.3 is 9.22 Å². The van der Waals surface area contributed by atoms with Crippen LogP contribution in [0.3, 0.4) is 0 Å². The molecule has 0 atom stereocenters. The normalized spacial score (nSPS) is 19.6. The molecular weight excluding hydrogens is 178 g/mol. The van der Waals surface area contributed by atoms with Crippen LogP contribution in [0.2, 0.25) is 0 Å². The minimum absolute atomic E-state index is 0.0432. The molecule has 0 radical (unpaired) electrons. The minimum atomic E-state index is -0.0432. The molecule has 3 heteroatoms. The van der Waals surface area contributed by atoms with Crippen molar-refractivity contribution < 1.29 is 14.0 Å². The van der Waals surface area contributed by atoms with Crippen molar-refractivity contribution in [3.63, 3.8) is 0 Å². The van der Waals surface area contributed by atoms with Crippen LogP contribution in [0.4, 0.5) is 0 Å². The Kier molecular flexibility index (Phi) is 4.39. The summed E-state index contributed by atoms with van der Waals surface area (Å²) in [5.74, 6) is -0.0432. The highest BCUT2D eigenvalue weighted by atomic mass is 16.5. The van der Waals surface area contributed by atoms with Crippen LogP contribution in [0.25, 0.3) is 0 Å². The average Bonchev–Trinajstić information content (AvgIpc) is 2.53. The van der Waals surface area contributed by atoms with Crippen LogP contribution in [0, 0.1) is 0 Å². The predicted octanol–water partition coefficient (Wildman–Crippen LogP) is 1.57. The SMILES string of the molecule is CCOC(=O)CCC[N+]1(C)CCCC1. The first-order valence-electron chi connectivity index (χ1n) is 5.65. The summed E-state index contributed by atoms with van der Waals surface area (Å²) in [6, 6.07) is 0. The van der Waals surface area contributed by atoms with Crippen molar-refractivity contribution in [3.05, 3.63) is 0 Å². The first-order valence-corrected chi connectivity index (χ1v) is 5.65. The Morgan fingerprint density at radius 3 is 2.57 bits per heavy atom. The smallest absolute Gasteiger partial charge is 0.305 e. The van der Waals surface area contributed by atoms with Gasteiger partial charge in [0.2, 0.25) is 0 Å². The maximum absolute atomic E-state index is 11.1. The van der Waals surface area contributed by atoms with E-state index in [-0.39, 0.29) is 5.97 Å². The summed E-state index contributed by atoms with van der Waals surface area (Å²) in [6.07, 6.45) is 4.24. The van der Waals surface area contributed by atoms with Crippen molar-refractivity contribution in [3.8, 4) is 0 Å². The molecule has 1 saturated heterocycles. The topological polar surface area (TPSA) is 26.3 Å². The molecule has 0 spiro atoms. The van der Waals surface area contributed by atoms with Gasteiger partial charge in [-0.3, -0.25) is 4.79 Å². The van der Waals surface area contributed by atoms with E-state index in [1.807, 2.05) is 6.92 Å². The van der Waals surface area contributed by atoms with Gasteiger partial charge in [0.25, 0.3) is 0 Å². The minimum Gasteiger partial charge on any atom is -0.466 e.